The van der Waals surface area contributed by atoms with E-state index in [0.29, 0.717) is 5.92 Å². The van der Waals surface area contributed by atoms with Crippen LogP contribution in [0, 0.1) is 5.92 Å². The van der Waals surface area contributed by atoms with Gasteiger partial charge in [0.2, 0.25) is 0 Å². The Morgan fingerprint density at radius 3 is 2.19 bits per heavy atom. The highest BCUT2D eigenvalue weighted by molar-refractivity contribution is 5.52. The summed E-state index contributed by atoms with van der Waals surface area (Å²) in [5.41, 5.74) is 2.38. The zero-order valence-electron chi connectivity index (χ0n) is 18.3. The predicted molar refractivity (Wildman–Crippen MR) is 113 cm³/mol. The third kappa shape index (κ3) is 5.19. The summed E-state index contributed by atoms with van der Waals surface area (Å²) in [6.07, 6.45) is 9.00. The van der Waals surface area contributed by atoms with E-state index >= 15 is 0 Å². The number of aliphatic hydroxyl groups excluding tert-OH is 1. The molecule has 1 aliphatic rings. The maximum absolute atomic E-state index is 10.7. The lowest BCUT2D eigenvalue weighted by molar-refractivity contribution is 0.0763. The number of methoxy groups -OCH3 is 2. The van der Waals surface area contributed by atoms with Crippen LogP contribution in [0.1, 0.15) is 96.1 Å². The molecule has 0 heterocycles. The van der Waals surface area contributed by atoms with E-state index in [-0.39, 0.29) is 17.4 Å². The van der Waals surface area contributed by atoms with Crippen LogP contribution < -0.4 is 9.47 Å². The number of benzene rings is 1. The predicted octanol–water partition coefficient (Wildman–Crippen LogP) is 6.22. The Hall–Kier alpha value is -1.22. The Kier molecular flexibility index (Phi) is 8.03. The first-order chi connectivity index (χ1) is 12.9. The SMILES string of the molecule is CCCCCCC(C)(C)c1cc(OC)c(C2C(C)CCCC2O)c(OC)c1. The fraction of sp³-hybridized carbons (Fsp3) is 0.750. The Morgan fingerprint density at radius 2 is 1.67 bits per heavy atom. The molecular formula is C24H40O3. The summed E-state index contributed by atoms with van der Waals surface area (Å²) in [6, 6.07) is 4.37. The Labute approximate surface area is 166 Å². The van der Waals surface area contributed by atoms with Gasteiger partial charge in [-0.15, -0.1) is 0 Å². The number of aliphatic hydroxyl groups is 1. The van der Waals surface area contributed by atoms with Crippen LogP contribution in [0.4, 0.5) is 0 Å². The van der Waals surface area contributed by atoms with Crippen molar-refractivity contribution in [3.63, 3.8) is 0 Å². The van der Waals surface area contributed by atoms with Crippen molar-refractivity contribution in [2.75, 3.05) is 14.2 Å². The fourth-order valence-electron chi connectivity index (χ4n) is 4.66. The van der Waals surface area contributed by atoms with Gasteiger partial charge in [-0.2, -0.15) is 0 Å². The molecule has 1 fully saturated rings. The van der Waals surface area contributed by atoms with Crippen LogP contribution in [-0.4, -0.2) is 25.4 Å². The minimum Gasteiger partial charge on any atom is -0.496 e. The largest absolute Gasteiger partial charge is 0.496 e. The van der Waals surface area contributed by atoms with Crippen molar-refractivity contribution in [3.8, 4) is 11.5 Å². The van der Waals surface area contributed by atoms with Gasteiger partial charge in [0.05, 0.1) is 20.3 Å². The molecule has 0 bridgehead atoms. The molecule has 3 atom stereocenters. The number of hydrogen-bond acceptors (Lipinski definition) is 3. The highest BCUT2D eigenvalue weighted by Gasteiger charge is 2.36. The van der Waals surface area contributed by atoms with Crippen molar-refractivity contribution in [1.29, 1.82) is 0 Å². The Morgan fingerprint density at radius 1 is 1.04 bits per heavy atom. The van der Waals surface area contributed by atoms with Crippen molar-refractivity contribution in [2.45, 2.75) is 96.5 Å². The van der Waals surface area contributed by atoms with E-state index in [9.17, 15) is 5.11 Å². The zero-order valence-corrected chi connectivity index (χ0v) is 18.3. The Balaban J connectivity index is 2.38. The number of hydrogen-bond donors (Lipinski definition) is 1. The van der Waals surface area contributed by atoms with Gasteiger partial charge < -0.3 is 14.6 Å². The molecule has 1 aromatic rings. The van der Waals surface area contributed by atoms with E-state index in [1.165, 1.54) is 31.2 Å². The molecule has 0 radical (unpaired) electrons. The van der Waals surface area contributed by atoms with Crippen LogP contribution in [0.2, 0.25) is 0 Å². The maximum atomic E-state index is 10.7. The maximum Gasteiger partial charge on any atom is 0.126 e. The van der Waals surface area contributed by atoms with Gasteiger partial charge in [0, 0.05) is 11.5 Å². The van der Waals surface area contributed by atoms with Gasteiger partial charge in [0.25, 0.3) is 0 Å². The van der Waals surface area contributed by atoms with Crippen LogP contribution in [0.25, 0.3) is 0 Å². The molecule has 0 aromatic heterocycles. The quantitative estimate of drug-likeness (QED) is 0.520. The molecule has 0 saturated heterocycles. The van der Waals surface area contributed by atoms with Crippen LogP contribution in [0.15, 0.2) is 12.1 Å². The van der Waals surface area contributed by atoms with Crippen molar-refractivity contribution in [3.05, 3.63) is 23.3 Å². The average Bonchev–Trinajstić information content (AvgIpc) is 2.64. The normalized spacial score (nSPS) is 23.3. The van der Waals surface area contributed by atoms with Gasteiger partial charge in [0.15, 0.2) is 0 Å². The monoisotopic (exact) mass is 376 g/mol. The minimum atomic E-state index is -0.329. The van der Waals surface area contributed by atoms with Gasteiger partial charge in [-0.05, 0) is 48.3 Å². The van der Waals surface area contributed by atoms with Gasteiger partial charge in [0.1, 0.15) is 11.5 Å². The highest BCUT2D eigenvalue weighted by Crippen LogP contribution is 2.47. The van der Waals surface area contributed by atoms with Crippen molar-refractivity contribution in [2.24, 2.45) is 5.92 Å². The average molecular weight is 377 g/mol. The lowest BCUT2D eigenvalue weighted by Gasteiger charge is -2.36. The molecule has 0 amide bonds. The number of rotatable bonds is 9. The summed E-state index contributed by atoms with van der Waals surface area (Å²) in [5, 5.41) is 10.7. The molecular weight excluding hydrogens is 336 g/mol. The van der Waals surface area contributed by atoms with Gasteiger partial charge >= 0.3 is 0 Å². The third-order valence-electron chi connectivity index (χ3n) is 6.50. The minimum absolute atomic E-state index is 0.0730. The van der Waals surface area contributed by atoms with Gasteiger partial charge in [-0.3, -0.25) is 0 Å². The van der Waals surface area contributed by atoms with E-state index < -0.39 is 0 Å². The third-order valence-corrected chi connectivity index (χ3v) is 6.50. The Bertz CT molecular complexity index is 558. The standard InChI is InChI=1S/C24H40O3/c1-7-8-9-10-14-24(3,4)18-15-20(26-5)23(21(16-18)27-6)22-17(2)12-11-13-19(22)25/h15-17,19,22,25H,7-14H2,1-6H3. The first kappa shape index (κ1) is 22.1. The molecule has 3 heteroatoms. The topological polar surface area (TPSA) is 38.7 Å². The fourth-order valence-corrected chi connectivity index (χ4v) is 4.66. The number of unbranched alkanes of at least 4 members (excludes halogenated alkanes) is 3. The van der Waals surface area contributed by atoms with Gasteiger partial charge in [-0.1, -0.05) is 59.8 Å². The van der Waals surface area contributed by atoms with E-state index in [2.05, 4.69) is 39.8 Å². The summed E-state index contributed by atoms with van der Waals surface area (Å²) < 4.78 is 11.7. The summed E-state index contributed by atoms with van der Waals surface area (Å²) in [4.78, 5) is 0. The molecule has 27 heavy (non-hydrogen) atoms. The second kappa shape index (κ2) is 9.82. The lowest BCUT2D eigenvalue weighted by Crippen LogP contribution is -2.30. The van der Waals surface area contributed by atoms with Gasteiger partial charge in [-0.25, -0.2) is 0 Å². The molecule has 3 unspecified atom stereocenters. The first-order valence-electron chi connectivity index (χ1n) is 10.8. The smallest absolute Gasteiger partial charge is 0.126 e. The molecule has 1 N–H and O–H groups in total. The van der Waals surface area contributed by atoms with Crippen LogP contribution in [0.3, 0.4) is 0 Å². The molecule has 154 valence electrons. The summed E-state index contributed by atoms with van der Waals surface area (Å²) in [5.74, 6) is 2.22. The van der Waals surface area contributed by atoms with Crippen LogP contribution in [0.5, 0.6) is 11.5 Å². The van der Waals surface area contributed by atoms with Crippen molar-refractivity contribution in [1.82, 2.24) is 0 Å². The molecule has 0 aliphatic heterocycles. The molecule has 3 nitrogen and oxygen atoms in total. The van der Waals surface area contributed by atoms with E-state index in [0.717, 1.165) is 42.7 Å². The summed E-state index contributed by atoms with van der Waals surface area (Å²) >= 11 is 0. The van der Waals surface area contributed by atoms with Crippen molar-refractivity contribution < 1.29 is 14.6 Å². The highest BCUT2D eigenvalue weighted by atomic mass is 16.5. The summed E-state index contributed by atoms with van der Waals surface area (Å²) in [6.45, 7) is 9.10. The second-order valence-corrected chi connectivity index (χ2v) is 8.99. The van der Waals surface area contributed by atoms with E-state index in [1.54, 1.807) is 14.2 Å². The zero-order chi connectivity index (χ0) is 20.0. The molecule has 2 rings (SSSR count). The molecule has 1 aromatic carbocycles. The number of ether oxygens (including phenoxy) is 2. The molecule has 1 aliphatic carbocycles. The molecule has 1 saturated carbocycles. The first-order valence-corrected chi connectivity index (χ1v) is 10.8. The second-order valence-electron chi connectivity index (χ2n) is 8.99. The van der Waals surface area contributed by atoms with E-state index in [4.69, 9.17) is 9.47 Å². The van der Waals surface area contributed by atoms with Crippen molar-refractivity contribution >= 4 is 0 Å². The van der Waals surface area contributed by atoms with E-state index in [1.807, 2.05) is 0 Å². The van der Waals surface area contributed by atoms with Crippen LogP contribution >= 0.6 is 0 Å². The van der Waals surface area contributed by atoms with Crippen LogP contribution in [-0.2, 0) is 5.41 Å². The molecule has 0 spiro atoms. The lowest BCUT2D eigenvalue weighted by atomic mass is 9.72. The summed E-state index contributed by atoms with van der Waals surface area (Å²) in [7, 11) is 3.46.